The monoisotopic (exact) mass is 368 g/mol. The van der Waals surface area contributed by atoms with Crippen molar-refractivity contribution in [1.29, 1.82) is 0 Å². The summed E-state index contributed by atoms with van der Waals surface area (Å²) in [5.41, 5.74) is 1.46. The summed E-state index contributed by atoms with van der Waals surface area (Å²) >= 11 is 1.78. The lowest BCUT2D eigenvalue weighted by molar-refractivity contribution is 0.145. The molecule has 0 aliphatic carbocycles. The lowest BCUT2D eigenvalue weighted by Crippen LogP contribution is -2.38. The molecule has 0 atom stereocenters. The highest BCUT2D eigenvalue weighted by molar-refractivity contribution is 7.98. The van der Waals surface area contributed by atoms with Crippen molar-refractivity contribution < 1.29 is 9.50 Å². The highest BCUT2D eigenvalue weighted by Gasteiger charge is 2.19. The van der Waals surface area contributed by atoms with Crippen LogP contribution in [0.3, 0.4) is 0 Å². The fourth-order valence-corrected chi connectivity index (χ4v) is 3.10. The molecule has 0 radical (unpaired) electrons. The van der Waals surface area contributed by atoms with E-state index in [9.17, 15) is 9.50 Å². The molecule has 25 heavy (non-hydrogen) atoms. The van der Waals surface area contributed by atoms with Gasteiger partial charge < -0.3 is 20.6 Å². The molecule has 2 rings (SSSR count). The molecular formula is C18H29FN4OS. The van der Waals surface area contributed by atoms with Crippen molar-refractivity contribution in [3.05, 3.63) is 29.6 Å². The van der Waals surface area contributed by atoms with E-state index in [0.717, 1.165) is 30.4 Å². The van der Waals surface area contributed by atoms with E-state index in [4.69, 9.17) is 0 Å². The second-order valence-electron chi connectivity index (χ2n) is 6.12. The second-order valence-corrected chi connectivity index (χ2v) is 7.10. The van der Waals surface area contributed by atoms with Crippen LogP contribution in [0.2, 0.25) is 0 Å². The Hall–Kier alpha value is -1.47. The number of nitrogens with one attached hydrogen (secondary N) is 2. The zero-order chi connectivity index (χ0) is 18.1. The Morgan fingerprint density at radius 3 is 2.76 bits per heavy atom. The number of anilines is 1. The van der Waals surface area contributed by atoms with Crippen LogP contribution in [-0.4, -0.2) is 55.4 Å². The van der Waals surface area contributed by atoms with Crippen LogP contribution in [0.1, 0.15) is 25.3 Å². The van der Waals surface area contributed by atoms with Gasteiger partial charge in [-0.25, -0.2) is 9.38 Å². The minimum Gasteiger partial charge on any atom is -0.393 e. The van der Waals surface area contributed by atoms with Crippen molar-refractivity contribution >= 4 is 23.4 Å². The van der Waals surface area contributed by atoms with Gasteiger partial charge in [0.2, 0.25) is 0 Å². The minimum atomic E-state index is -0.254. The zero-order valence-corrected chi connectivity index (χ0v) is 15.9. The molecule has 0 amide bonds. The first kappa shape index (κ1) is 19.8. The molecule has 1 fully saturated rings. The molecule has 1 aliphatic rings. The third-order valence-electron chi connectivity index (χ3n) is 4.18. The number of nitrogens with zero attached hydrogens (tertiary/aromatic N) is 2. The van der Waals surface area contributed by atoms with E-state index in [1.54, 1.807) is 17.8 Å². The number of hydrogen-bond acceptors (Lipinski definition) is 4. The van der Waals surface area contributed by atoms with Crippen molar-refractivity contribution in [2.24, 2.45) is 4.99 Å². The summed E-state index contributed by atoms with van der Waals surface area (Å²) in [6.45, 7) is 5.49. The maximum atomic E-state index is 14.5. The molecule has 1 heterocycles. The molecule has 1 aromatic carbocycles. The number of aliphatic imine (C=N–C) groups is 1. The number of hydrogen-bond donors (Lipinski definition) is 3. The van der Waals surface area contributed by atoms with Crippen molar-refractivity contribution in [3.63, 3.8) is 0 Å². The Morgan fingerprint density at radius 1 is 1.36 bits per heavy atom. The molecule has 0 spiro atoms. The van der Waals surface area contributed by atoms with Gasteiger partial charge in [-0.3, -0.25) is 0 Å². The van der Waals surface area contributed by atoms with E-state index in [0.29, 0.717) is 38.2 Å². The lowest BCUT2D eigenvalue weighted by Gasteiger charge is -2.31. The summed E-state index contributed by atoms with van der Waals surface area (Å²) in [5.74, 6) is 1.55. The highest BCUT2D eigenvalue weighted by Crippen LogP contribution is 2.24. The molecule has 5 nitrogen and oxygen atoms in total. The van der Waals surface area contributed by atoms with Crippen LogP contribution < -0.4 is 15.5 Å². The van der Waals surface area contributed by atoms with Gasteiger partial charge >= 0.3 is 0 Å². The topological polar surface area (TPSA) is 59.9 Å². The van der Waals surface area contributed by atoms with Crippen LogP contribution in [0.25, 0.3) is 0 Å². The summed E-state index contributed by atoms with van der Waals surface area (Å²) in [5, 5.41) is 16.0. The van der Waals surface area contributed by atoms with Crippen LogP contribution in [0.5, 0.6) is 0 Å². The van der Waals surface area contributed by atoms with Gasteiger partial charge in [-0.1, -0.05) is 6.07 Å². The standard InChI is InChI=1S/C18H29FN4OS/c1-3-20-18(21-8-11-25-2)22-13-14-4-5-17(16(19)12-14)23-9-6-15(24)7-10-23/h4-5,12,15,24H,3,6-11,13H2,1-2H3,(H2,20,21,22). The fourth-order valence-electron chi connectivity index (χ4n) is 2.80. The van der Waals surface area contributed by atoms with Crippen molar-refractivity contribution in [2.75, 3.05) is 43.1 Å². The van der Waals surface area contributed by atoms with E-state index in [1.165, 1.54) is 0 Å². The molecule has 0 bridgehead atoms. The second kappa shape index (κ2) is 10.5. The van der Waals surface area contributed by atoms with E-state index in [2.05, 4.69) is 21.9 Å². The van der Waals surface area contributed by atoms with E-state index in [-0.39, 0.29) is 11.9 Å². The molecule has 3 N–H and O–H groups in total. The Labute approximate surface area is 154 Å². The van der Waals surface area contributed by atoms with Gasteiger partial charge in [0.25, 0.3) is 0 Å². The van der Waals surface area contributed by atoms with E-state index < -0.39 is 0 Å². The molecule has 140 valence electrons. The summed E-state index contributed by atoms with van der Waals surface area (Å²) in [6, 6.07) is 5.32. The number of aliphatic hydroxyl groups excluding tert-OH is 1. The largest absolute Gasteiger partial charge is 0.393 e. The predicted molar refractivity (Wildman–Crippen MR) is 105 cm³/mol. The Morgan fingerprint density at radius 2 is 2.12 bits per heavy atom. The summed E-state index contributed by atoms with van der Waals surface area (Å²) in [4.78, 5) is 6.52. The van der Waals surface area contributed by atoms with Gasteiger partial charge in [0.05, 0.1) is 18.3 Å². The number of guanidine groups is 1. The van der Waals surface area contributed by atoms with E-state index in [1.807, 2.05) is 24.0 Å². The summed E-state index contributed by atoms with van der Waals surface area (Å²) < 4.78 is 14.5. The van der Waals surface area contributed by atoms with Crippen LogP contribution in [-0.2, 0) is 6.54 Å². The minimum absolute atomic E-state index is 0.218. The Balaban J connectivity index is 1.97. The first-order valence-corrected chi connectivity index (χ1v) is 10.3. The number of aliphatic hydroxyl groups is 1. The predicted octanol–water partition coefficient (Wildman–Crippen LogP) is 2.20. The van der Waals surface area contributed by atoms with Crippen LogP contribution in [0.4, 0.5) is 10.1 Å². The smallest absolute Gasteiger partial charge is 0.191 e. The van der Waals surface area contributed by atoms with Crippen LogP contribution >= 0.6 is 11.8 Å². The number of halogens is 1. The van der Waals surface area contributed by atoms with Crippen molar-refractivity contribution in [1.82, 2.24) is 10.6 Å². The van der Waals surface area contributed by atoms with Gasteiger partial charge in [-0.15, -0.1) is 0 Å². The zero-order valence-electron chi connectivity index (χ0n) is 15.1. The summed E-state index contributed by atoms with van der Waals surface area (Å²) in [6.07, 6.45) is 3.20. The molecule has 1 saturated heterocycles. The maximum absolute atomic E-state index is 14.5. The molecule has 0 aromatic heterocycles. The number of rotatable bonds is 7. The molecule has 0 unspecified atom stereocenters. The highest BCUT2D eigenvalue weighted by atomic mass is 32.2. The maximum Gasteiger partial charge on any atom is 0.191 e. The average Bonchev–Trinajstić information content (AvgIpc) is 2.61. The van der Waals surface area contributed by atoms with Crippen LogP contribution in [0.15, 0.2) is 23.2 Å². The van der Waals surface area contributed by atoms with E-state index >= 15 is 0 Å². The summed E-state index contributed by atoms with van der Waals surface area (Å²) in [7, 11) is 0. The van der Waals surface area contributed by atoms with Gasteiger partial charge in [-0.05, 0) is 43.7 Å². The number of piperidine rings is 1. The Kier molecular flexibility index (Phi) is 8.34. The third-order valence-corrected chi connectivity index (χ3v) is 4.79. The SMILES string of the molecule is CCNC(=NCc1ccc(N2CCC(O)CC2)c(F)c1)NCCSC. The fraction of sp³-hybridized carbons (Fsp3) is 0.611. The van der Waals surface area contributed by atoms with Gasteiger partial charge in [0.1, 0.15) is 5.82 Å². The first-order valence-electron chi connectivity index (χ1n) is 8.86. The molecule has 7 heteroatoms. The number of benzene rings is 1. The van der Waals surface area contributed by atoms with Crippen LogP contribution in [0, 0.1) is 5.82 Å². The third kappa shape index (κ3) is 6.40. The average molecular weight is 369 g/mol. The molecule has 0 saturated carbocycles. The van der Waals surface area contributed by atoms with Gasteiger partial charge in [0.15, 0.2) is 5.96 Å². The quantitative estimate of drug-likeness (QED) is 0.391. The lowest BCUT2D eigenvalue weighted by atomic mass is 10.1. The normalized spacial score (nSPS) is 16.2. The van der Waals surface area contributed by atoms with Gasteiger partial charge in [-0.2, -0.15) is 11.8 Å². The molecule has 1 aromatic rings. The van der Waals surface area contributed by atoms with Crippen molar-refractivity contribution in [2.45, 2.75) is 32.4 Å². The molecule has 1 aliphatic heterocycles. The first-order chi connectivity index (χ1) is 12.1. The molecular weight excluding hydrogens is 339 g/mol. The number of thioether (sulfide) groups is 1. The Bertz CT molecular complexity index is 562. The van der Waals surface area contributed by atoms with Gasteiger partial charge in [0, 0.05) is 31.9 Å². The van der Waals surface area contributed by atoms with Crippen molar-refractivity contribution in [3.8, 4) is 0 Å².